The third-order valence-corrected chi connectivity index (χ3v) is 3.70. The molecule has 4 N–H and O–H groups in total. The molecule has 1 amide bonds. The van der Waals surface area contributed by atoms with Crippen molar-refractivity contribution in [3.63, 3.8) is 0 Å². The van der Waals surface area contributed by atoms with Crippen molar-refractivity contribution in [3.05, 3.63) is 33.9 Å². The Kier molecular flexibility index (Phi) is 4.71. The van der Waals surface area contributed by atoms with E-state index in [1.807, 2.05) is 0 Å². The fourth-order valence-corrected chi connectivity index (χ4v) is 2.65. The van der Waals surface area contributed by atoms with Crippen LogP contribution in [0.15, 0.2) is 18.2 Å². The lowest BCUT2D eigenvalue weighted by Gasteiger charge is -2.20. The summed E-state index contributed by atoms with van der Waals surface area (Å²) < 4.78 is 5.32. The van der Waals surface area contributed by atoms with Gasteiger partial charge < -0.3 is 15.5 Å². The zero-order valence-corrected chi connectivity index (χ0v) is 11.7. The zero-order valence-electron chi connectivity index (χ0n) is 11.7. The number of ether oxygens (including phenoxy) is 1. The Morgan fingerprint density at radius 2 is 2.24 bits per heavy atom. The summed E-state index contributed by atoms with van der Waals surface area (Å²) in [6.45, 7) is 0. The van der Waals surface area contributed by atoms with E-state index < -0.39 is 10.8 Å². The maximum Gasteiger partial charge on any atom is 0.294 e. The van der Waals surface area contributed by atoms with Crippen molar-refractivity contribution < 1.29 is 14.5 Å². The number of methoxy groups -OCH3 is 1. The molecule has 8 nitrogen and oxygen atoms in total. The van der Waals surface area contributed by atoms with Crippen molar-refractivity contribution in [1.82, 2.24) is 5.32 Å². The average molecular weight is 294 g/mol. The van der Waals surface area contributed by atoms with E-state index in [1.165, 1.54) is 18.2 Å². The van der Waals surface area contributed by atoms with Crippen LogP contribution in [-0.4, -0.2) is 30.1 Å². The maximum absolute atomic E-state index is 12.3. The molecule has 8 heteroatoms. The standard InChI is InChI=1S/C13H18N4O4/c1-21-11-7-3-5-9(11)15-13(18)8-4-2-6-10(17(19)20)12(8)16-14/h2,4,6,9,11,16H,3,5,7,14H2,1H3,(H,15,18). The topological polar surface area (TPSA) is 120 Å². The second kappa shape index (κ2) is 6.51. The Hall–Kier alpha value is -2.19. The van der Waals surface area contributed by atoms with E-state index in [1.54, 1.807) is 7.11 Å². The van der Waals surface area contributed by atoms with Gasteiger partial charge in [0.25, 0.3) is 11.6 Å². The number of benzene rings is 1. The second-order valence-corrected chi connectivity index (χ2v) is 4.89. The molecule has 1 aliphatic carbocycles. The van der Waals surface area contributed by atoms with Crippen molar-refractivity contribution in [2.24, 2.45) is 5.84 Å². The summed E-state index contributed by atoms with van der Waals surface area (Å²) in [6.07, 6.45) is 2.66. The highest BCUT2D eigenvalue weighted by molar-refractivity contribution is 6.01. The Bertz CT molecular complexity index is 549. The number of hydrogen-bond acceptors (Lipinski definition) is 6. The summed E-state index contributed by atoms with van der Waals surface area (Å²) in [6, 6.07) is 4.15. The number of carbonyl (C=O) groups excluding carboxylic acids is 1. The third kappa shape index (κ3) is 3.11. The van der Waals surface area contributed by atoms with Crippen LogP contribution in [0, 0.1) is 10.1 Å². The SMILES string of the molecule is COC1CCCC1NC(=O)c1cccc([N+](=O)[O-])c1NN. The molecule has 1 aromatic carbocycles. The van der Waals surface area contributed by atoms with Gasteiger partial charge in [0, 0.05) is 13.2 Å². The number of para-hydroxylation sites is 1. The van der Waals surface area contributed by atoms with Gasteiger partial charge in [-0.25, -0.2) is 0 Å². The van der Waals surface area contributed by atoms with Gasteiger partial charge >= 0.3 is 0 Å². The first kappa shape index (κ1) is 15.2. The molecule has 0 bridgehead atoms. The number of nitrogens with one attached hydrogen (secondary N) is 2. The number of rotatable bonds is 5. The number of nitro benzene ring substituents is 1. The minimum absolute atomic E-state index is 0.00645. The highest BCUT2D eigenvalue weighted by atomic mass is 16.6. The van der Waals surface area contributed by atoms with Crippen molar-refractivity contribution in [2.75, 3.05) is 12.5 Å². The summed E-state index contributed by atoms with van der Waals surface area (Å²) in [4.78, 5) is 22.7. The van der Waals surface area contributed by atoms with Gasteiger partial charge in [0.05, 0.1) is 22.6 Å². The quantitative estimate of drug-likeness (QED) is 0.426. The van der Waals surface area contributed by atoms with E-state index >= 15 is 0 Å². The molecule has 1 aromatic rings. The molecular formula is C13H18N4O4. The molecule has 2 atom stereocenters. The van der Waals surface area contributed by atoms with Gasteiger partial charge in [-0.15, -0.1) is 0 Å². The van der Waals surface area contributed by atoms with Gasteiger partial charge in [0.15, 0.2) is 0 Å². The summed E-state index contributed by atoms with van der Waals surface area (Å²) in [5, 5.41) is 13.8. The molecule has 0 saturated heterocycles. The van der Waals surface area contributed by atoms with Gasteiger partial charge in [-0.2, -0.15) is 0 Å². The van der Waals surface area contributed by atoms with Crippen molar-refractivity contribution in [1.29, 1.82) is 0 Å². The minimum Gasteiger partial charge on any atom is -0.379 e. The average Bonchev–Trinajstić information content (AvgIpc) is 2.93. The van der Waals surface area contributed by atoms with Crippen LogP contribution in [0.2, 0.25) is 0 Å². The minimum atomic E-state index is -0.584. The van der Waals surface area contributed by atoms with E-state index in [4.69, 9.17) is 10.6 Å². The number of hydrazine groups is 1. The van der Waals surface area contributed by atoms with Crippen LogP contribution in [0.3, 0.4) is 0 Å². The molecule has 0 heterocycles. The monoisotopic (exact) mass is 294 g/mol. The largest absolute Gasteiger partial charge is 0.379 e. The number of carbonyl (C=O) groups is 1. The second-order valence-electron chi connectivity index (χ2n) is 4.89. The van der Waals surface area contributed by atoms with Crippen LogP contribution in [0.5, 0.6) is 0 Å². The predicted molar refractivity (Wildman–Crippen MR) is 76.8 cm³/mol. The Balaban J connectivity index is 2.23. The lowest BCUT2D eigenvalue weighted by molar-refractivity contribution is -0.384. The van der Waals surface area contributed by atoms with Crippen molar-refractivity contribution in [3.8, 4) is 0 Å². The first-order valence-corrected chi connectivity index (χ1v) is 6.66. The zero-order chi connectivity index (χ0) is 15.4. The maximum atomic E-state index is 12.3. The molecule has 0 aromatic heterocycles. The molecule has 0 aliphatic heterocycles. The number of nitrogens with zero attached hydrogens (tertiary/aromatic N) is 1. The van der Waals surface area contributed by atoms with Gasteiger partial charge in [0.1, 0.15) is 5.69 Å². The van der Waals surface area contributed by atoms with Gasteiger partial charge in [-0.05, 0) is 25.3 Å². The van der Waals surface area contributed by atoms with Crippen LogP contribution in [0.25, 0.3) is 0 Å². The van der Waals surface area contributed by atoms with E-state index in [2.05, 4.69) is 10.7 Å². The lowest BCUT2D eigenvalue weighted by Crippen LogP contribution is -2.41. The molecule has 2 unspecified atom stereocenters. The van der Waals surface area contributed by atoms with Crippen LogP contribution >= 0.6 is 0 Å². The Morgan fingerprint density at radius 3 is 2.86 bits per heavy atom. The van der Waals surface area contributed by atoms with E-state index in [0.29, 0.717) is 0 Å². The molecule has 2 rings (SSSR count). The number of hydrogen-bond donors (Lipinski definition) is 3. The van der Waals surface area contributed by atoms with Gasteiger partial charge in [-0.1, -0.05) is 6.07 Å². The van der Waals surface area contributed by atoms with Gasteiger partial charge in [-0.3, -0.25) is 20.8 Å². The summed E-state index contributed by atoms with van der Waals surface area (Å²) in [7, 11) is 1.61. The van der Waals surface area contributed by atoms with Crippen LogP contribution < -0.4 is 16.6 Å². The summed E-state index contributed by atoms with van der Waals surface area (Å²) in [5.41, 5.74) is 2.16. The van der Waals surface area contributed by atoms with E-state index in [0.717, 1.165) is 19.3 Å². The number of nitro groups is 1. The first-order valence-electron chi connectivity index (χ1n) is 6.66. The van der Waals surface area contributed by atoms with E-state index in [9.17, 15) is 14.9 Å². The Morgan fingerprint density at radius 1 is 1.48 bits per heavy atom. The van der Waals surface area contributed by atoms with E-state index in [-0.39, 0.29) is 29.1 Å². The lowest BCUT2D eigenvalue weighted by atomic mass is 10.1. The van der Waals surface area contributed by atoms with Crippen LogP contribution in [-0.2, 0) is 4.74 Å². The number of amides is 1. The predicted octanol–water partition coefficient (Wildman–Crippen LogP) is 1.18. The fraction of sp³-hybridized carbons (Fsp3) is 0.462. The van der Waals surface area contributed by atoms with Gasteiger partial charge in [0.2, 0.25) is 0 Å². The molecule has 0 spiro atoms. The van der Waals surface area contributed by atoms with Crippen molar-refractivity contribution in [2.45, 2.75) is 31.4 Å². The first-order chi connectivity index (χ1) is 10.1. The summed E-state index contributed by atoms with van der Waals surface area (Å²) in [5.74, 6) is 4.93. The molecular weight excluding hydrogens is 276 g/mol. The highest BCUT2D eigenvalue weighted by Gasteiger charge is 2.30. The van der Waals surface area contributed by atoms with Crippen LogP contribution in [0.4, 0.5) is 11.4 Å². The number of anilines is 1. The number of nitrogens with two attached hydrogens (primary N) is 1. The molecule has 21 heavy (non-hydrogen) atoms. The summed E-state index contributed by atoms with van der Waals surface area (Å²) >= 11 is 0. The molecule has 0 radical (unpaired) electrons. The molecule has 1 aliphatic rings. The van der Waals surface area contributed by atoms with Crippen LogP contribution in [0.1, 0.15) is 29.6 Å². The Labute approximate surface area is 121 Å². The highest BCUT2D eigenvalue weighted by Crippen LogP contribution is 2.28. The fourth-order valence-electron chi connectivity index (χ4n) is 2.65. The third-order valence-electron chi connectivity index (χ3n) is 3.70. The van der Waals surface area contributed by atoms with Crippen molar-refractivity contribution >= 4 is 17.3 Å². The molecule has 1 saturated carbocycles. The normalized spacial score (nSPS) is 21.0. The number of nitrogen functional groups attached to an aromatic ring is 1. The molecule has 114 valence electrons. The smallest absolute Gasteiger partial charge is 0.294 e. The molecule has 1 fully saturated rings.